The monoisotopic (exact) mass is 929 g/mol. The molecule has 0 aliphatic rings. The molecule has 14 aromatic rings. The number of aromatic nitrogens is 1. The SMILES string of the molecule is c1ccc(N(c2ccc(-c3ccc(N(c4ccc(-c5ccc6c(c5)c5ccccc5n6-c5ccccc5)cc4)c4ccc5c6ccccc6c6ccccc6c5c4)cc3)cc2)c2cccc3ccccc23)cc1. The molecule has 0 spiro atoms. The molecular formula is C70H47N3. The van der Waals surface area contributed by atoms with E-state index in [4.69, 9.17) is 0 Å². The van der Waals surface area contributed by atoms with Crippen molar-refractivity contribution in [3.63, 3.8) is 0 Å². The summed E-state index contributed by atoms with van der Waals surface area (Å²) in [4.78, 5) is 4.76. The van der Waals surface area contributed by atoms with Crippen LogP contribution in [-0.4, -0.2) is 4.57 Å². The molecular weight excluding hydrogens is 883 g/mol. The topological polar surface area (TPSA) is 11.4 Å². The van der Waals surface area contributed by atoms with Gasteiger partial charge in [-0.2, -0.15) is 0 Å². The lowest BCUT2D eigenvalue weighted by molar-refractivity contribution is 1.18. The van der Waals surface area contributed by atoms with E-state index in [2.05, 4.69) is 299 Å². The third-order valence-corrected chi connectivity index (χ3v) is 14.7. The van der Waals surface area contributed by atoms with E-state index in [1.165, 1.54) is 76.0 Å². The Balaban J connectivity index is 0.856. The average Bonchev–Trinajstić information content (AvgIpc) is 3.81. The zero-order chi connectivity index (χ0) is 48.2. The van der Waals surface area contributed by atoms with Gasteiger partial charge in [-0.3, -0.25) is 0 Å². The van der Waals surface area contributed by atoms with Crippen molar-refractivity contribution in [1.29, 1.82) is 0 Å². The number of fused-ring (bicyclic) bond motifs is 10. The zero-order valence-electron chi connectivity index (χ0n) is 40.0. The van der Waals surface area contributed by atoms with Crippen LogP contribution in [0, 0.1) is 0 Å². The molecule has 0 bridgehead atoms. The molecule has 0 atom stereocenters. The second-order valence-electron chi connectivity index (χ2n) is 18.9. The summed E-state index contributed by atoms with van der Waals surface area (Å²) < 4.78 is 2.37. The van der Waals surface area contributed by atoms with E-state index < -0.39 is 0 Å². The molecule has 1 heterocycles. The van der Waals surface area contributed by atoms with Crippen molar-refractivity contribution in [2.45, 2.75) is 0 Å². The summed E-state index contributed by atoms with van der Waals surface area (Å²) in [6.45, 7) is 0. The molecule has 1 aromatic heterocycles. The number of hydrogen-bond acceptors (Lipinski definition) is 2. The van der Waals surface area contributed by atoms with Crippen LogP contribution in [0.4, 0.5) is 34.1 Å². The Morgan fingerprint density at radius 1 is 0.219 bits per heavy atom. The molecule has 0 fully saturated rings. The van der Waals surface area contributed by atoms with Gasteiger partial charge in [-0.15, -0.1) is 0 Å². The maximum absolute atomic E-state index is 2.40. The average molecular weight is 930 g/mol. The number of nitrogens with zero attached hydrogens (tertiary/aromatic N) is 3. The number of benzene rings is 13. The van der Waals surface area contributed by atoms with Crippen LogP contribution in [0.1, 0.15) is 0 Å². The van der Waals surface area contributed by atoms with E-state index in [0.29, 0.717) is 0 Å². The highest BCUT2D eigenvalue weighted by Crippen LogP contribution is 2.44. The van der Waals surface area contributed by atoms with Gasteiger partial charge < -0.3 is 14.4 Å². The third kappa shape index (κ3) is 7.29. The van der Waals surface area contributed by atoms with Crippen molar-refractivity contribution in [1.82, 2.24) is 4.57 Å². The van der Waals surface area contributed by atoms with Gasteiger partial charge in [0.1, 0.15) is 0 Å². The minimum atomic E-state index is 1.08. The zero-order valence-corrected chi connectivity index (χ0v) is 40.0. The lowest BCUT2D eigenvalue weighted by Gasteiger charge is -2.27. The van der Waals surface area contributed by atoms with E-state index in [-0.39, 0.29) is 0 Å². The predicted molar refractivity (Wildman–Crippen MR) is 311 cm³/mol. The fourth-order valence-corrected chi connectivity index (χ4v) is 11.3. The van der Waals surface area contributed by atoms with Crippen LogP contribution in [0.2, 0.25) is 0 Å². The van der Waals surface area contributed by atoms with Gasteiger partial charge >= 0.3 is 0 Å². The molecule has 342 valence electrons. The summed E-state index contributed by atoms with van der Waals surface area (Å²) in [5, 5.41) is 12.5. The fourth-order valence-electron chi connectivity index (χ4n) is 11.3. The lowest BCUT2D eigenvalue weighted by Crippen LogP contribution is -2.10. The number of anilines is 6. The molecule has 73 heavy (non-hydrogen) atoms. The standard InChI is InChI=1S/C70H47N3/c1-3-18-53(19-4-1)72(68-29-15-17-51-16-7-8-22-59(51)68)57-41-32-49(33-42-57)48-30-37-55(38-31-48)71(58-43-44-64-62-25-10-9-23-60(62)61-24-11-12-26-63(61)66(64)47-58)56-39-34-50(35-40-56)52-36-45-70-67(46-52)65-27-13-14-28-69(65)73(70)54-20-5-2-6-21-54/h1-47H. The van der Waals surface area contributed by atoms with Crippen molar-refractivity contribution in [2.24, 2.45) is 0 Å². The highest BCUT2D eigenvalue weighted by Gasteiger charge is 2.19. The Morgan fingerprint density at radius 3 is 1.27 bits per heavy atom. The summed E-state index contributed by atoms with van der Waals surface area (Å²) in [7, 11) is 0. The number of para-hydroxylation sites is 3. The van der Waals surface area contributed by atoms with Gasteiger partial charge in [0.05, 0.1) is 16.7 Å². The number of rotatable bonds is 9. The first kappa shape index (κ1) is 42.2. The minimum absolute atomic E-state index is 1.08. The summed E-state index contributed by atoms with van der Waals surface area (Å²) in [6.07, 6.45) is 0. The van der Waals surface area contributed by atoms with Crippen LogP contribution < -0.4 is 9.80 Å². The first-order valence-corrected chi connectivity index (χ1v) is 25.1. The predicted octanol–water partition coefficient (Wildman–Crippen LogP) is 19.7. The Bertz CT molecular complexity index is 4310. The van der Waals surface area contributed by atoms with Crippen LogP contribution >= 0.6 is 0 Å². The highest BCUT2D eigenvalue weighted by atomic mass is 15.1. The van der Waals surface area contributed by atoms with Gasteiger partial charge in [0.25, 0.3) is 0 Å². The molecule has 14 rings (SSSR count). The number of hydrogen-bond donors (Lipinski definition) is 0. The Labute approximate surface area is 424 Å². The maximum Gasteiger partial charge on any atom is 0.0541 e. The molecule has 0 unspecified atom stereocenters. The van der Waals surface area contributed by atoms with Gasteiger partial charge in [0, 0.05) is 50.3 Å². The Morgan fingerprint density at radius 2 is 0.644 bits per heavy atom. The molecule has 0 aliphatic carbocycles. The Kier molecular flexibility index (Phi) is 10.2. The molecule has 0 saturated carbocycles. The molecule has 0 saturated heterocycles. The minimum Gasteiger partial charge on any atom is -0.310 e. The van der Waals surface area contributed by atoms with E-state index in [0.717, 1.165) is 50.9 Å². The molecule has 3 nitrogen and oxygen atoms in total. The third-order valence-electron chi connectivity index (χ3n) is 14.7. The van der Waals surface area contributed by atoms with Crippen LogP contribution in [0.3, 0.4) is 0 Å². The summed E-state index contributed by atoms with van der Waals surface area (Å²) in [5.74, 6) is 0. The quantitative estimate of drug-likeness (QED) is 0.134. The fraction of sp³-hybridized carbons (Fsp3) is 0. The Hall–Kier alpha value is -9.70. The van der Waals surface area contributed by atoms with Gasteiger partial charge in [-0.05, 0) is 157 Å². The molecule has 0 N–H and O–H groups in total. The largest absolute Gasteiger partial charge is 0.310 e. The second kappa shape index (κ2) is 17.6. The van der Waals surface area contributed by atoms with Crippen molar-refractivity contribution in [3.05, 3.63) is 285 Å². The maximum atomic E-state index is 2.40. The second-order valence-corrected chi connectivity index (χ2v) is 18.9. The molecule has 13 aromatic carbocycles. The molecule has 0 aliphatic heterocycles. The van der Waals surface area contributed by atoms with Crippen LogP contribution in [-0.2, 0) is 0 Å². The van der Waals surface area contributed by atoms with E-state index in [1.54, 1.807) is 0 Å². The van der Waals surface area contributed by atoms with Crippen LogP contribution in [0.5, 0.6) is 0 Å². The van der Waals surface area contributed by atoms with E-state index in [9.17, 15) is 0 Å². The van der Waals surface area contributed by atoms with Gasteiger partial charge in [0.15, 0.2) is 0 Å². The van der Waals surface area contributed by atoms with Gasteiger partial charge in [-0.1, -0.05) is 188 Å². The smallest absolute Gasteiger partial charge is 0.0541 e. The summed E-state index contributed by atoms with van der Waals surface area (Å²) >= 11 is 0. The first-order valence-electron chi connectivity index (χ1n) is 25.1. The molecule has 0 radical (unpaired) electrons. The van der Waals surface area contributed by atoms with Crippen LogP contribution in [0.25, 0.3) is 92.8 Å². The van der Waals surface area contributed by atoms with Crippen molar-refractivity contribution >= 4 is 99.0 Å². The van der Waals surface area contributed by atoms with Crippen molar-refractivity contribution in [2.75, 3.05) is 9.80 Å². The first-order chi connectivity index (χ1) is 36.2. The van der Waals surface area contributed by atoms with E-state index >= 15 is 0 Å². The molecule has 0 amide bonds. The van der Waals surface area contributed by atoms with Gasteiger partial charge in [0.2, 0.25) is 0 Å². The van der Waals surface area contributed by atoms with Crippen molar-refractivity contribution < 1.29 is 0 Å². The van der Waals surface area contributed by atoms with Crippen LogP contribution in [0.15, 0.2) is 285 Å². The van der Waals surface area contributed by atoms with E-state index in [1.807, 2.05) is 0 Å². The normalized spacial score (nSPS) is 11.6. The summed E-state index contributed by atoms with van der Waals surface area (Å²) in [5.41, 5.74) is 14.9. The lowest BCUT2D eigenvalue weighted by atomic mass is 9.94. The highest BCUT2D eigenvalue weighted by molar-refractivity contribution is 6.26. The molecule has 3 heteroatoms. The van der Waals surface area contributed by atoms with Gasteiger partial charge in [-0.25, -0.2) is 0 Å². The summed E-state index contributed by atoms with van der Waals surface area (Å²) in [6, 6.07) is 104. The van der Waals surface area contributed by atoms with Crippen molar-refractivity contribution in [3.8, 4) is 27.9 Å².